The highest BCUT2D eigenvalue weighted by atomic mass is 79.9. The van der Waals surface area contributed by atoms with Crippen LogP contribution in [0.3, 0.4) is 0 Å². The van der Waals surface area contributed by atoms with Crippen molar-refractivity contribution in [3.05, 3.63) is 46.7 Å². The van der Waals surface area contributed by atoms with Crippen LogP contribution in [0.4, 0.5) is 0 Å². The number of hydrogen-bond acceptors (Lipinski definition) is 2. The van der Waals surface area contributed by atoms with E-state index >= 15 is 0 Å². The van der Waals surface area contributed by atoms with Crippen molar-refractivity contribution >= 4 is 15.9 Å². The molecule has 0 spiro atoms. The molecule has 1 unspecified atom stereocenters. The highest BCUT2D eigenvalue weighted by Gasteiger charge is 2.14. The van der Waals surface area contributed by atoms with Gasteiger partial charge in [-0.3, -0.25) is 0 Å². The van der Waals surface area contributed by atoms with Gasteiger partial charge in [0.1, 0.15) is 4.60 Å². The van der Waals surface area contributed by atoms with Crippen molar-refractivity contribution in [2.24, 2.45) is 0 Å². The predicted octanol–water partition coefficient (Wildman–Crippen LogP) is 3.26. The Hall–Kier alpha value is -1.60. The summed E-state index contributed by atoms with van der Waals surface area (Å²) >= 11 is 3.48. The lowest BCUT2D eigenvalue weighted by Gasteiger charge is -2.04. The van der Waals surface area contributed by atoms with Crippen molar-refractivity contribution in [2.45, 2.75) is 12.8 Å². The van der Waals surface area contributed by atoms with Crippen molar-refractivity contribution in [3.63, 3.8) is 0 Å². The van der Waals surface area contributed by atoms with Crippen LogP contribution in [0.15, 0.2) is 41.1 Å². The Balaban J connectivity index is 2.46. The Morgan fingerprint density at radius 2 is 2.06 bits per heavy atom. The first-order valence-electron chi connectivity index (χ1n) is 4.92. The van der Waals surface area contributed by atoms with Gasteiger partial charge >= 0.3 is 0 Å². The molecule has 0 saturated carbocycles. The summed E-state index contributed by atoms with van der Waals surface area (Å²) in [5.41, 5.74) is 1.89. The van der Waals surface area contributed by atoms with Gasteiger partial charge in [0.15, 0.2) is 0 Å². The molecule has 80 valence electrons. The average molecular weight is 276 g/mol. The molecule has 16 heavy (non-hydrogen) atoms. The topological polar surface area (TPSA) is 41.6 Å². The van der Waals surface area contributed by atoms with Crippen molar-refractivity contribution in [1.82, 2.24) is 9.78 Å². The van der Waals surface area contributed by atoms with Crippen LogP contribution in [0.25, 0.3) is 5.69 Å². The van der Waals surface area contributed by atoms with E-state index in [1.807, 2.05) is 37.3 Å². The highest BCUT2D eigenvalue weighted by Crippen LogP contribution is 2.26. The first kappa shape index (κ1) is 10.9. The normalized spacial score (nSPS) is 12.1. The zero-order valence-corrected chi connectivity index (χ0v) is 10.3. The number of benzene rings is 1. The lowest BCUT2D eigenvalue weighted by Crippen LogP contribution is -1.96. The second-order valence-corrected chi connectivity index (χ2v) is 4.24. The van der Waals surface area contributed by atoms with Crippen LogP contribution in [-0.4, -0.2) is 9.78 Å². The molecule has 4 heteroatoms. The van der Waals surface area contributed by atoms with E-state index in [-0.39, 0.29) is 5.92 Å². The van der Waals surface area contributed by atoms with Crippen LogP contribution in [0.1, 0.15) is 18.4 Å². The second-order valence-electron chi connectivity index (χ2n) is 3.49. The molecule has 0 aliphatic heterocycles. The quantitative estimate of drug-likeness (QED) is 0.844. The van der Waals surface area contributed by atoms with Crippen LogP contribution in [0.5, 0.6) is 0 Å². The molecule has 0 aliphatic carbocycles. The van der Waals surface area contributed by atoms with Crippen molar-refractivity contribution in [2.75, 3.05) is 0 Å². The number of aromatic nitrogens is 2. The molecule has 0 amide bonds. The molecule has 2 rings (SSSR count). The standard InChI is InChI=1S/C12H10BrN3/c1-9(7-14)11-8-15-16(12(11)13)10-5-3-2-4-6-10/h2-6,8-9H,1H3. The van der Waals surface area contributed by atoms with Gasteiger partial charge in [0.25, 0.3) is 0 Å². The van der Waals surface area contributed by atoms with Crippen molar-refractivity contribution in [3.8, 4) is 11.8 Å². The van der Waals surface area contributed by atoms with E-state index < -0.39 is 0 Å². The van der Waals surface area contributed by atoms with Gasteiger partial charge in [-0.1, -0.05) is 18.2 Å². The van der Waals surface area contributed by atoms with E-state index in [9.17, 15) is 0 Å². The lowest BCUT2D eigenvalue weighted by atomic mass is 10.1. The summed E-state index contributed by atoms with van der Waals surface area (Å²) in [6, 6.07) is 12.0. The zero-order valence-electron chi connectivity index (χ0n) is 8.76. The Morgan fingerprint density at radius 1 is 1.38 bits per heavy atom. The third kappa shape index (κ3) is 1.86. The van der Waals surface area contributed by atoms with Crippen LogP contribution in [-0.2, 0) is 0 Å². The molecule has 0 N–H and O–H groups in total. The minimum atomic E-state index is -0.160. The Bertz CT molecular complexity index is 525. The van der Waals surface area contributed by atoms with Crippen molar-refractivity contribution < 1.29 is 0 Å². The summed E-state index contributed by atoms with van der Waals surface area (Å²) in [4.78, 5) is 0. The first-order valence-corrected chi connectivity index (χ1v) is 5.72. The zero-order chi connectivity index (χ0) is 11.5. The summed E-state index contributed by atoms with van der Waals surface area (Å²) in [6.45, 7) is 1.86. The summed E-state index contributed by atoms with van der Waals surface area (Å²) in [7, 11) is 0. The van der Waals surface area contributed by atoms with Gasteiger partial charge in [0.2, 0.25) is 0 Å². The van der Waals surface area contributed by atoms with Gasteiger partial charge in [-0.2, -0.15) is 10.4 Å². The largest absolute Gasteiger partial charge is 0.226 e. The fraction of sp³-hybridized carbons (Fsp3) is 0.167. The van der Waals surface area contributed by atoms with Crippen LogP contribution in [0, 0.1) is 11.3 Å². The van der Waals surface area contributed by atoms with E-state index in [0.29, 0.717) is 0 Å². The van der Waals surface area contributed by atoms with E-state index in [1.54, 1.807) is 10.9 Å². The fourth-order valence-corrected chi connectivity index (χ4v) is 2.20. The minimum absolute atomic E-state index is 0.160. The molecule has 0 bridgehead atoms. The molecule has 0 saturated heterocycles. The van der Waals surface area contributed by atoms with Gasteiger partial charge in [-0.15, -0.1) is 0 Å². The summed E-state index contributed by atoms with van der Waals surface area (Å²) in [5.74, 6) is -0.160. The molecule has 0 fully saturated rings. The number of halogens is 1. The van der Waals surface area contributed by atoms with Gasteiger partial charge in [0.05, 0.1) is 23.9 Å². The lowest BCUT2D eigenvalue weighted by molar-refractivity contribution is 0.856. The Kier molecular flexibility index (Phi) is 3.07. The van der Waals surface area contributed by atoms with Gasteiger partial charge < -0.3 is 0 Å². The number of nitriles is 1. The third-order valence-electron chi connectivity index (χ3n) is 2.40. The van der Waals surface area contributed by atoms with Gasteiger partial charge in [-0.25, -0.2) is 4.68 Å². The molecule has 1 aromatic heterocycles. The molecular weight excluding hydrogens is 266 g/mol. The number of hydrogen-bond donors (Lipinski definition) is 0. The molecule has 3 nitrogen and oxygen atoms in total. The second kappa shape index (κ2) is 4.50. The molecule has 2 aromatic rings. The molecule has 1 aromatic carbocycles. The van der Waals surface area contributed by atoms with Gasteiger partial charge in [0, 0.05) is 5.56 Å². The van der Waals surface area contributed by atoms with E-state index in [1.165, 1.54) is 0 Å². The third-order valence-corrected chi connectivity index (χ3v) is 3.19. The van der Waals surface area contributed by atoms with E-state index in [4.69, 9.17) is 5.26 Å². The molecule has 1 heterocycles. The van der Waals surface area contributed by atoms with Crippen LogP contribution in [0.2, 0.25) is 0 Å². The highest BCUT2D eigenvalue weighted by molar-refractivity contribution is 9.10. The first-order chi connectivity index (χ1) is 7.74. The molecule has 0 aliphatic rings. The fourth-order valence-electron chi connectivity index (χ4n) is 1.46. The predicted molar refractivity (Wildman–Crippen MR) is 65.3 cm³/mol. The van der Waals surface area contributed by atoms with Gasteiger partial charge in [-0.05, 0) is 35.0 Å². The summed E-state index contributed by atoms with van der Waals surface area (Å²) in [5, 5.41) is 13.2. The minimum Gasteiger partial charge on any atom is -0.226 e. The van der Waals surface area contributed by atoms with E-state index in [0.717, 1.165) is 15.9 Å². The summed E-state index contributed by atoms with van der Waals surface area (Å²) in [6.07, 6.45) is 1.73. The monoisotopic (exact) mass is 275 g/mol. The number of nitrogens with zero attached hydrogens (tertiary/aromatic N) is 3. The number of rotatable bonds is 2. The Morgan fingerprint density at radius 3 is 2.69 bits per heavy atom. The maximum Gasteiger partial charge on any atom is 0.114 e. The maximum absolute atomic E-state index is 8.88. The van der Waals surface area contributed by atoms with Crippen molar-refractivity contribution in [1.29, 1.82) is 5.26 Å². The molecule has 0 radical (unpaired) electrons. The summed E-state index contributed by atoms with van der Waals surface area (Å²) < 4.78 is 2.62. The van der Waals surface area contributed by atoms with Crippen LogP contribution < -0.4 is 0 Å². The molecular formula is C12H10BrN3. The average Bonchev–Trinajstić information content (AvgIpc) is 2.71. The SMILES string of the molecule is CC(C#N)c1cnn(-c2ccccc2)c1Br. The smallest absolute Gasteiger partial charge is 0.114 e. The van der Waals surface area contributed by atoms with Crippen LogP contribution >= 0.6 is 15.9 Å². The van der Waals surface area contributed by atoms with E-state index in [2.05, 4.69) is 27.1 Å². The Labute approximate surface area is 102 Å². The number of para-hydroxylation sites is 1. The molecule has 1 atom stereocenters. The maximum atomic E-state index is 8.88.